The molecule has 1 heterocycles. The molecule has 0 atom stereocenters. The fourth-order valence-corrected chi connectivity index (χ4v) is 4.56. The molecular weight excluding hydrogens is 504 g/mol. The fraction of sp³-hybridized carbons (Fsp3) is 0.0588. The van der Waals surface area contributed by atoms with Crippen LogP contribution in [0.1, 0.15) is 5.56 Å². The molecule has 0 aliphatic heterocycles. The molecule has 3 aromatic rings. The van der Waals surface area contributed by atoms with Crippen molar-refractivity contribution in [2.24, 2.45) is 0 Å². The first-order chi connectivity index (χ1) is 14.4. The van der Waals surface area contributed by atoms with Crippen LogP contribution >= 0.6 is 34.8 Å². The lowest BCUT2D eigenvalue weighted by atomic mass is 10.2. The molecule has 0 aliphatic rings. The van der Waals surface area contributed by atoms with Gasteiger partial charge in [0.1, 0.15) is 16.4 Å². The molecule has 7 nitrogen and oxygen atoms in total. The Bertz CT molecular complexity index is 1240. The summed E-state index contributed by atoms with van der Waals surface area (Å²) in [5.41, 5.74) is -1.22. The number of hydrogen-bond donors (Lipinski definition) is 2. The summed E-state index contributed by atoms with van der Waals surface area (Å²) in [4.78, 5) is 11.9. The van der Waals surface area contributed by atoms with Crippen LogP contribution in [0.4, 0.5) is 23.8 Å². The first-order valence-electron chi connectivity index (χ1n) is 8.09. The van der Waals surface area contributed by atoms with Gasteiger partial charge in [-0.3, -0.25) is 5.32 Å². The maximum absolute atomic E-state index is 12.9. The molecule has 0 unspecified atom stereocenters. The Hall–Kier alpha value is -2.47. The van der Waals surface area contributed by atoms with Crippen LogP contribution in [-0.4, -0.2) is 24.2 Å². The van der Waals surface area contributed by atoms with Crippen molar-refractivity contribution in [2.75, 3.05) is 5.32 Å². The average molecular weight is 514 g/mol. The summed E-state index contributed by atoms with van der Waals surface area (Å²) < 4.78 is 66.2. The molecule has 2 aromatic carbocycles. The van der Waals surface area contributed by atoms with E-state index in [-0.39, 0.29) is 21.4 Å². The van der Waals surface area contributed by atoms with Gasteiger partial charge in [-0.2, -0.15) is 18.3 Å². The summed E-state index contributed by atoms with van der Waals surface area (Å²) in [5, 5.41) is 5.21. The molecule has 1 aromatic heterocycles. The smallest absolute Gasteiger partial charge is 0.291 e. The third-order valence-electron chi connectivity index (χ3n) is 3.79. The summed E-state index contributed by atoms with van der Waals surface area (Å²) in [6.07, 6.45) is -3.48. The number of nitrogens with zero attached hydrogens (tertiary/aromatic N) is 2. The Morgan fingerprint density at radius 1 is 1.00 bits per heavy atom. The maximum atomic E-state index is 12.9. The van der Waals surface area contributed by atoms with E-state index in [4.69, 9.17) is 34.8 Å². The quantitative estimate of drug-likeness (QED) is 0.491. The van der Waals surface area contributed by atoms with E-state index in [1.807, 2.05) is 0 Å². The Morgan fingerprint density at radius 2 is 1.61 bits per heavy atom. The summed E-state index contributed by atoms with van der Waals surface area (Å²) in [7, 11) is -4.31. The van der Waals surface area contributed by atoms with E-state index in [1.54, 1.807) is 4.72 Å². The number of amides is 2. The van der Waals surface area contributed by atoms with E-state index in [1.165, 1.54) is 36.5 Å². The van der Waals surface area contributed by atoms with E-state index in [0.29, 0.717) is 12.1 Å². The van der Waals surface area contributed by atoms with Crippen molar-refractivity contribution in [1.29, 1.82) is 0 Å². The molecule has 14 heteroatoms. The standard InChI is InChI=1S/C17H10Cl3F3N4O3S/c18-10-3-1-2-4-13(10)31(29,30)26-16(28)25-14-5-6-24-27(14)15-11(19)7-9(8-12(15)20)17(21,22)23/h1-8H,(H2,25,26,28). The highest BCUT2D eigenvalue weighted by Gasteiger charge is 2.32. The van der Waals surface area contributed by atoms with Crippen LogP contribution in [0, 0.1) is 0 Å². The summed E-state index contributed by atoms with van der Waals surface area (Å²) in [5.74, 6) is -0.115. The van der Waals surface area contributed by atoms with Gasteiger partial charge >= 0.3 is 12.2 Å². The predicted molar refractivity (Wildman–Crippen MR) is 109 cm³/mol. The molecule has 3 rings (SSSR count). The van der Waals surface area contributed by atoms with Crippen molar-refractivity contribution in [2.45, 2.75) is 11.1 Å². The Morgan fingerprint density at radius 3 is 2.19 bits per heavy atom. The zero-order valence-electron chi connectivity index (χ0n) is 14.9. The summed E-state index contributed by atoms with van der Waals surface area (Å²) in [6, 6.07) is 6.83. The lowest BCUT2D eigenvalue weighted by Gasteiger charge is -2.15. The molecule has 0 bridgehead atoms. The molecule has 0 saturated carbocycles. The van der Waals surface area contributed by atoms with Crippen LogP contribution in [0.2, 0.25) is 15.1 Å². The van der Waals surface area contributed by atoms with Crippen LogP contribution in [0.5, 0.6) is 0 Å². The number of urea groups is 1. The second-order valence-corrected chi connectivity index (χ2v) is 8.78. The van der Waals surface area contributed by atoms with Crippen LogP contribution in [0.15, 0.2) is 53.6 Å². The van der Waals surface area contributed by atoms with Crippen molar-refractivity contribution in [3.63, 3.8) is 0 Å². The number of carbonyl (C=O) groups is 1. The molecular formula is C17H10Cl3F3N4O3S. The van der Waals surface area contributed by atoms with Gasteiger partial charge in [0.05, 0.1) is 26.8 Å². The van der Waals surface area contributed by atoms with Gasteiger partial charge in [0.25, 0.3) is 10.0 Å². The van der Waals surface area contributed by atoms with Crippen LogP contribution in [0.25, 0.3) is 5.69 Å². The van der Waals surface area contributed by atoms with Crippen molar-refractivity contribution >= 4 is 56.7 Å². The van der Waals surface area contributed by atoms with Gasteiger partial charge < -0.3 is 0 Å². The van der Waals surface area contributed by atoms with E-state index >= 15 is 0 Å². The maximum Gasteiger partial charge on any atom is 0.416 e. The number of hydrogen-bond acceptors (Lipinski definition) is 4. The van der Waals surface area contributed by atoms with E-state index in [0.717, 1.165) is 4.68 Å². The third kappa shape index (κ3) is 5.06. The number of anilines is 1. The van der Waals surface area contributed by atoms with Gasteiger partial charge in [0.2, 0.25) is 0 Å². The van der Waals surface area contributed by atoms with E-state index in [9.17, 15) is 26.4 Å². The average Bonchev–Trinajstić information content (AvgIpc) is 3.07. The molecule has 0 radical (unpaired) electrons. The van der Waals surface area contributed by atoms with E-state index < -0.39 is 37.8 Å². The minimum Gasteiger partial charge on any atom is -0.291 e. The minimum atomic E-state index is -4.68. The van der Waals surface area contributed by atoms with Gasteiger partial charge in [-0.15, -0.1) is 0 Å². The molecule has 2 amide bonds. The lowest BCUT2D eigenvalue weighted by molar-refractivity contribution is -0.137. The van der Waals surface area contributed by atoms with Gasteiger partial charge in [0, 0.05) is 6.07 Å². The molecule has 0 spiro atoms. The number of benzene rings is 2. The SMILES string of the molecule is O=C(Nc1ccnn1-c1c(Cl)cc(C(F)(F)F)cc1Cl)NS(=O)(=O)c1ccccc1Cl. The summed E-state index contributed by atoms with van der Waals surface area (Å²) >= 11 is 17.8. The highest BCUT2D eigenvalue weighted by molar-refractivity contribution is 7.90. The normalized spacial score (nSPS) is 11.9. The zero-order chi connectivity index (χ0) is 23.0. The van der Waals surface area contributed by atoms with Gasteiger partial charge in [-0.25, -0.2) is 22.6 Å². The number of carbonyl (C=O) groups excluding carboxylic acids is 1. The van der Waals surface area contributed by atoms with Gasteiger partial charge in [-0.05, 0) is 24.3 Å². The molecule has 0 saturated heterocycles. The molecule has 2 N–H and O–H groups in total. The Labute approximate surface area is 188 Å². The fourth-order valence-electron chi connectivity index (χ4n) is 2.49. The summed E-state index contributed by atoms with van der Waals surface area (Å²) in [6.45, 7) is 0. The number of halogens is 6. The number of nitrogens with one attached hydrogen (secondary N) is 2. The van der Waals surface area contributed by atoms with Gasteiger partial charge in [-0.1, -0.05) is 46.9 Å². The second-order valence-electron chi connectivity index (χ2n) is 5.90. The van der Waals surface area contributed by atoms with E-state index in [2.05, 4.69) is 10.4 Å². The van der Waals surface area contributed by atoms with Crippen LogP contribution in [0.3, 0.4) is 0 Å². The van der Waals surface area contributed by atoms with Gasteiger partial charge in [0.15, 0.2) is 0 Å². The second kappa shape index (κ2) is 8.58. The van der Waals surface area contributed by atoms with Crippen molar-refractivity contribution in [1.82, 2.24) is 14.5 Å². The minimum absolute atomic E-state index is 0.101. The lowest BCUT2D eigenvalue weighted by Crippen LogP contribution is -2.35. The largest absolute Gasteiger partial charge is 0.416 e. The third-order valence-corrected chi connectivity index (χ3v) is 6.20. The van der Waals surface area contributed by atoms with Crippen molar-refractivity contribution in [3.05, 3.63) is 69.3 Å². The molecule has 0 fully saturated rings. The zero-order valence-corrected chi connectivity index (χ0v) is 18.0. The van der Waals surface area contributed by atoms with Crippen molar-refractivity contribution in [3.8, 4) is 5.69 Å². The van der Waals surface area contributed by atoms with Crippen LogP contribution < -0.4 is 10.0 Å². The Balaban J connectivity index is 1.88. The predicted octanol–water partition coefficient (Wildman–Crippen LogP) is 5.36. The first-order valence-corrected chi connectivity index (χ1v) is 10.7. The van der Waals surface area contributed by atoms with Crippen molar-refractivity contribution < 1.29 is 26.4 Å². The first kappa shape index (κ1) is 23.2. The molecule has 31 heavy (non-hydrogen) atoms. The molecule has 164 valence electrons. The topological polar surface area (TPSA) is 93.1 Å². The number of aromatic nitrogens is 2. The molecule has 0 aliphatic carbocycles. The monoisotopic (exact) mass is 512 g/mol. The highest BCUT2D eigenvalue weighted by atomic mass is 35.5. The number of rotatable bonds is 4. The number of alkyl halides is 3. The Kier molecular flexibility index (Phi) is 6.42. The number of sulfonamides is 1. The highest BCUT2D eigenvalue weighted by Crippen LogP contribution is 2.38. The van der Waals surface area contributed by atoms with Crippen LogP contribution in [-0.2, 0) is 16.2 Å².